The normalized spacial score (nSPS) is 20.6. The Kier molecular flexibility index (Phi) is 5.93. The number of nitrogens with one attached hydrogen (secondary N) is 1. The molecule has 0 aromatic heterocycles. The van der Waals surface area contributed by atoms with Gasteiger partial charge in [0.15, 0.2) is 0 Å². The number of likely N-dealkylation sites (N-methyl/N-ethyl adjacent to an activating group) is 1. The van der Waals surface area contributed by atoms with Gasteiger partial charge in [-0.2, -0.15) is 0 Å². The second-order valence-electron chi connectivity index (χ2n) is 4.10. The zero-order chi connectivity index (χ0) is 12.7. The Labute approximate surface area is 101 Å². The summed E-state index contributed by atoms with van der Waals surface area (Å²) in [6.07, 6.45) is 1.89. The molecule has 0 spiro atoms. The Balaban J connectivity index is 2.27. The fourth-order valence-corrected chi connectivity index (χ4v) is 1.95. The number of rotatable bonds is 7. The first-order chi connectivity index (χ1) is 8.15. The van der Waals surface area contributed by atoms with E-state index in [0.29, 0.717) is 13.2 Å². The molecule has 1 aliphatic heterocycles. The Morgan fingerprint density at radius 1 is 1.65 bits per heavy atom. The van der Waals surface area contributed by atoms with Gasteiger partial charge in [-0.3, -0.25) is 9.59 Å². The molecule has 1 aliphatic rings. The molecule has 1 atom stereocenters. The highest BCUT2D eigenvalue weighted by Gasteiger charge is 2.27. The molecule has 6 nitrogen and oxygen atoms in total. The number of carbonyl (C=O) groups excluding carboxylic acids is 2. The number of hydrogen-bond acceptors (Lipinski definition) is 4. The molecular formula is C11H21N3O3. The first kappa shape index (κ1) is 13.9. The smallest absolute Gasteiger partial charge is 0.243 e. The van der Waals surface area contributed by atoms with E-state index in [1.54, 1.807) is 4.90 Å². The molecule has 1 saturated heterocycles. The van der Waals surface area contributed by atoms with Crippen molar-refractivity contribution in [3.05, 3.63) is 0 Å². The zero-order valence-electron chi connectivity index (χ0n) is 10.3. The van der Waals surface area contributed by atoms with Crippen molar-refractivity contribution in [3.8, 4) is 0 Å². The Bertz CT molecular complexity index is 269. The summed E-state index contributed by atoms with van der Waals surface area (Å²) >= 11 is 0. The van der Waals surface area contributed by atoms with Crippen LogP contribution in [0, 0.1) is 0 Å². The number of likely N-dealkylation sites (tertiary alicyclic amines) is 1. The number of nitrogens with zero attached hydrogens (tertiary/aromatic N) is 1. The number of hydrogen-bond donors (Lipinski definition) is 2. The standard InChI is InChI=1S/C11H21N3O3/c1-2-13-9-4-3-5-14(11(9)16)6-7-17-8-10(12)15/h9,13H,2-8H2,1H3,(H2,12,15). The molecule has 6 heteroatoms. The average molecular weight is 243 g/mol. The number of amides is 2. The van der Waals surface area contributed by atoms with E-state index in [1.807, 2.05) is 6.92 Å². The van der Waals surface area contributed by atoms with Crippen LogP contribution in [0.15, 0.2) is 0 Å². The van der Waals surface area contributed by atoms with Crippen molar-refractivity contribution >= 4 is 11.8 Å². The van der Waals surface area contributed by atoms with Crippen LogP contribution in [0.3, 0.4) is 0 Å². The molecule has 0 aromatic carbocycles. The van der Waals surface area contributed by atoms with Gasteiger partial charge in [-0.05, 0) is 19.4 Å². The Morgan fingerprint density at radius 3 is 3.06 bits per heavy atom. The summed E-state index contributed by atoms with van der Waals surface area (Å²) in [5, 5.41) is 3.17. The summed E-state index contributed by atoms with van der Waals surface area (Å²) in [5.41, 5.74) is 4.95. The van der Waals surface area contributed by atoms with Gasteiger partial charge in [0, 0.05) is 13.1 Å². The van der Waals surface area contributed by atoms with Gasteiger partial charge < -0.3 is 20.7 Å². The molecule has 0 aromatic rings. The third-order valence-electron chi connectivity index (χ3n) is 2.73. The minimum absolute atomic E-state index is 0.0649. The lowest BCUT2D eigenvalue weighted by atomic mass is 10.0. The topological polar surface area (TPSA) is 84.7 Å². The lowest BCUT2D eigenvalue weighted by Gasteiger charge is -2.32. The van der Waals surface area contributed by atoms with Crippen LogP contribution < -0.4 is 11.1 Å². The molecule has 0 saturated carbocycles. The summed E-state index contributed by atoms with van der Waals surface area (Å²) in [5.74, 6) is -0.360. The van der Waals surface area contributed by atoms with E-state index < -0.39 is 5.91 Å². The molecule has 1 fully saturated rings. The third kappa shape index (κ3) is 4.70. The first-order valence-corrected chi connectivity index (χ1v) is 6.03. The van der Waals surface area contributed by atoms with E-state index in [0.717, 1.165) is 25.9 Å². The monoisotopic (exact) mass is 243 g/mol. The van der Waals surface area contributed by atoms with Crippen LogP contribution in [0.1, 0.15) is 19.8 Å². The number of piperidine rings is 1. The van der Waals surface area contributed by atoms with Gasteiger partial charge in [-0.25, -0.2) is 0 Å². The Morgan fingerprint density at radius 2 is 2.41 bits per heavy atom. The molecule has 98 valence electrons. The molecule has 17 heavy (non-hydrogen) atoms. The maximum absolute atomic E-state index is 12.0. The van der Waals surface area contributed by atoms with Crippen molar-refractivity contribution in [1.82, 2.24) is 10.2 Å². The van der Waals surface area contributed by atoms with Crippen molar-refractivity contribution in [1.29, 1.82) is 0 Å². The summed E-state index contributed by atoms with van der Waals surface area (Å²) in [7, 11) is 0. The molecule has 3 N–H and O–H groups in total. The lowest BCUT2D eigenvalue weighted by molar-refractivity contribution is -0.136. The summed E-state index contributed by atoms with van der Waals surface area (Å²) in [6, 6.07) is -0.0649. The second kappa shape index (κ2) is 7.24. The summed E-state index contributed by atoms with van der Waals surface area (Å²) < 4.78 is 5.05. The molecule has 0 radical (unpaired) electrons. The predicted molar refractivity (Wildman–Crippen MR) is 63.3 cm³/mol. The van der Waals surface area contributed by atoms with E-state index in [1.165, 1.54) is 0 Å². The van der Waals surface area contributed by atoms with Crippen LogP contribution in [0.25, 0.3) is 0 Å². The van der Waals surface area contributed by atoms with Crippen molar-refractivity contribution in [3.63, 3.8) is 0 Å². The van der Waals surface area contributed by atoms with Gasteiger partial charge in [0.2, 0.25) is 11.8 Å². The van der Waals surface area contributed by atoms with Crippen molar-refractivity contribution < 1.29 is 14.3 Å². The number of carbonyl (C=O) groups is 2. The van der Waals surface area contributed by atoms with E-state index in [9.17, 15) is 9.59 Å². The second-order valence-corrected chi connectivity index (χ2v) is 4.10. The highest BCUT2D eigenvalue weighted by Crippen LogP contribution is 2.11. The minimum Gasteiger partial charge on any atom is -0.370 e. The highest BCUT2D eigenvalue weighted by molar-refractivity contribution is 5.82. The van der Waals surface area contributed by atoms with Gasteiger partial charge in [0.25, 0.3) is 0 Å². The van der Waals surface area contributed by atoms with Crippen molar-refractivity contribution in [2.24, 2.45) is 5.73 Å². The SMILES string of the molecule is CCNC1CCCN(CCOCC(N)=O)C1=O. The molecule has 2 amide bonds. The van der Waals surface area contributed by atoms with E-state index >= 15 is 0 Å². The maximum Gasteiger partial charge on any atom is 0.243 e. The fraction of sp³-hybridized carbons (Fsp3) is 0.818. The van der Waals surface area contributed by atoms with Crippen LogP contribution >= 0.6 is 0 Å². The molecule has 1 rings (SSSR count). The first-order valence-electron chi connectivity index (χ1n) is 6.03. The zero-order valence-corrected chi connectivity index (χ0v) is 10.3. The minimum atomic E-state index is -0.486. The molecule has 0 aliphatic carbocycles. The van der Waals surface area contributed by atoms with Gasteiger partial charge in [0.05, 0.1) is 12.6 Å². The summed E-state index contributed by atoms with van der Waals surface area (Å²) in [4.78, 5) is 24.2. The van der Waals surface area contributed by atoms with Crippen LogP contribution in [0.2, 0.25) is 0 Å². The number of ether oxygens (including phenoxy) is 1. The van der Waals surface area contributed by atoms with Crippen molar-refractivity contribution in [2.75, 3.05) is 32.8 Å². The lowest BCUT2D eigenvalue weighted by Crippen LogP contribution is -2.51. The van der Waals surface area contributed by atoms with Gasteiger partial charge in [-0.15, -0.1) is 0 Å². The van der Waals surface area contributed by atoms with Crippen LogP contribution in [0.5, 0.6) is 0 Å². The quantitative estimate of drug-likeness (QED) is 0.567. The van der Waals surface area contributed by atoms with Crippen LogP contribution in [-0.2, 0) is 14.3 Å². The largest absolute Gasteiger partial charge is 0.370 e. The maximum atomic E-state index is 12.0. The molecule has 1 heterocycles. The van der Waals surface area contributed by atoms with Gasteiger partial charge in [-0.1, -0.05) is 6.92 Å². The molecule has 0 bridgehead atoms. The predicted octanol–water partition coefficient (Wildman–Crippen LogP) is -0.911. The third-order valence-corrected chi connectivity index (χ3v) is 2.73. The highest BCUT2D eigenvalue weighted by atomic mass is 16.5. The van der Waals surface area contributed by atoms with Crippen molar-refractivity contribution in [2.45, 2.75) is 25.8 Å². The average Bonchev–Trinajstić information content (AvgIpc) is 2.29. The summed E-state index contributed by atoms with van der Waals surface area (Å²) in [6.45, 7) is 4.34. The van der Waals surface area contributed by atoms with Gasteiger partial charge in [0.1, 0.15) is 6.61 Å². The van der Waals surface area contributed by atoms with Gasteiger partial charge >= 0.3 is 0 Å². The molecular weight excluding hydrogens is 222 g/mol. The molecule has 1 unspecified atom stereocenters. The van der Waals surface area contributed by atoms with Crippen LogP contribution in [-0.4, -0.2) is 55.6 Å². The number of primary amides is 1. The Hall–Kier alpha value is -1.14. The van der Waals surface area contributed by atoms with E-state index in [2.05, 4.69) is 5.32 Å². The number of nitrogens with two attached hydrogens (primary N) is 1. The van der Waals surface area contributed by atoms with E-state index in [-0.39, 0.29) is 18.6 Å². The van der Waals surface area contributed by atoms with E-state index in [4.69, 9.17) is 10.5 Å². The van der Waals surface area contributed by atoms with Crippen LogP contribution in [0.4, 0.5) is 0 Å². The fourth-order valence-electron chi connectivity index (χ4n) is 1.95.